The quantitative estimate of drug-likeness (QED) is 0.852. The van der Waals surface area contributed by atoms with E-state index in [4.69, 9.17) is 0 Å². The molecule has 1 saturated heterocycles. The second kappa shape index (κ2) is 6.44. The van der Waals surface area contributed by atoms with Crippen LogP contribution >= 0.6 is 0 Å². The van der Waals surface area contributed by atoms with E-state index in [-0.39, 0.29) is 0 Å². The molecular formula is C16H20F3N. The van der Waals surface area contributed by atoms with Gasteiger partial charge >= 0.3 is 6.18 Å². The van der Waals surface area contributed by atoms with Crippen LogP contribution in [0.5, 0.6) is 0 Å². The molecule has 0 saturated carbocycles. The molecule has 0 aliphatic carbocycles. The number of piperidine rings is 1. The minimum atomic E-state index is -4.26. The lowest BCUT2D eigenvalue weighted by molar-refractivity contribution is -0.137. The van der Waals surface area contributed by atoms with E-state index in [0.29, 0.717) is 6.04 Å². The number of alkyl halides is 3. The smallest absolute Gasteiger partial charge is 0.314 e. The molecule has 1 fully saturated rings. The fourth-order valence-electron chi connectivity index (χ4n) is 2.60. The Bertz CT molecular complexity index is 454. The summed E-state index contributed by atoms with van der Waals surface area (Å²) in [7, 11) is 0. The molecule has 0 spiro atoms. The predicted molar refractivity (Wildman–Crippen MR) is 75.4 cm³/mol. The zero-order valence-corrected chi connectivity index (χ0v) is 11.6. The van der Waals surface area contributed by atoms with E-state index in [0.717, 1.165) is 30.7 Å². The number of hydrogen-bond acceptors (Lipinski definition) is 1. The summed E-state index contributed by atoms with van der Waals surface area (Å²) >= 11 is 0. The molecule has 1 aromatic carbocycles. The van der Waals surface area contributed by atoms with Crippen LogP contribution in [0.3, 0.4) is 0 Å². The van der Waals surface area contributed by atoms with Gasteiger partial charge in [0.15, 0.2) is 0 Å². The minimum absolute atomic E-state index is 0.509. The number of benzene rings is 1. The van der Waals surface area contributed by atoms with Crippen LogP contribution in [0, 0.1) is 0 Å². The Balaban J connectivity index is 1.98. The van der Waals surface area contributed by atoms with Gasteiger partial charge in [0.25, 0.3) is 0 Å². The highest BCUT2D eigenvalue weighted by Gasteiger charge is 2.29. The molecular weight excluding hydrogens is 263 g/mol. The van der Waals surface area contributed by atoms with E-state index in [1.807, 2.05) is 13.0 Å². The van der Waals surface area contributed by atoms with Gasteiger partial charge in [0.05, 0.1) is 5.56 Å². The molecule has 0 radical (unpaired) electrons. The average molecular weight is 283 g/mol. The molecule has 1 nitrogen and oxygen atoms in total. The van der Waals surface area contributed by atoms with E-state index in [2.05, 4.69) is 5.32 Å². The first-order valence-corrected chi connectivity index (χ1v) is 7.03. The molecule has 1 N–H and O–H groups in total. The van der Waals surface area contributed by atoms with Crippen molar-refractivity contribution < 1.29 is 13.2 Å². The van der Waals surface area contributed by atoms with E-state index >= 15 is 0 Å². The third kappa shape index (κ3) is 4.37. The molecule has 0 aromatic heterocycles. The van der Waals surface area contributed by atoms with Crippen molar-refractivity contribution in [3.05, 3.63) is 41.0 Å². The Morgan fingerprint density at radius 3 is 2.50 bits per heavy atom. The molecule has 1 atom stereocenters. The van der Waals surface area contributed by atoms with Crippen LogP contribution in [-0.4, -0.2) is 12.6 Å². The topological polar surface area (TPSA) is 12.0 Å². The van der Waals surface area contributed by atoms with Crippen LogP contribution in [0.25, 0.3) is 6.08 Å². The first kappa shape index (κ1) is 15.1. The van der Waals surface area contributed by atoms with Crippen LogP contribution < -0.4 is 5.32 Å². The van der Waals surface area contributed by atoms with Crippen LogP contribution in [0.15, 0.2) is 29.8 Å². The van der Waals surface area contributed by atoms with Crippen LogP contribution in [0.1, 0.15) is 43.7 Å². The molecule has 1 aliphatic heterocycles. The Labute approximate surface area is 117 Å². The maximum atomic E-state index is 12.5. The summed E-state index contributed by atoms with van der Waals surface area (Å²) in [6.07, 6.45) is 2.34. The zero-order chi connectivity index (χ0) is 14.6. The van der Waals surface area contributed by atoms with Gasteiger partial charge in [0.2, 0.25) is 0 Å². The predicted octanol–water partition coefficient (Wildman–Crippen LogP) is 4.64. The van der Waals surface area contributed by atoms with Gasteiger partial charge in [0.1, 0.15) is 0 Å². The number of nitrogens with one attached hydrogen (secondary N) is 1. The van der Waals surface area contributed by atoms with Gasteiger partial charge in [-0.15, -0.1) is 0 Å². The van der Waals surface area contributed by atoms with E-state index < -0.39 is 11.7 Å². The Hall–Kier alpha value is -1.29. The molecule has 1 aromatic rings. The minimum Gasteiger partial charge on any atom is -0.314 e. The lowest BCUT2D eigenvalue weighted by Gasteiger charge is -2.23. The van der Waals surface area contributed by atoms with Crippen LogP contribution in [-0.2, 0) is 6.18 Å². The monoisotopic (exact) mass is 283 g/mol. The first-order valence-electron chi connectivity index (χ1n) is 7.03. The molecule has 4 heteroatoms. The third-order valence-electron chi connectivity index (χ3n) is 3.63. The summed E-state index contributed by atoms with van der Waals surface area (Å²) < 4.78 is 37.4. The Morgan fingerprint density at radius 2 is 1.95 bits per heavy atom. The normalized spacial score (nSPS) is 21.0. The highest BCUT2D eigenvalue weighted by atomic mass is 19.4. The van der Waals surface area contributed by atoms with Crippen molar-refractivity contribution in [2.24, 2.45) is 0 Å². The first-order chi connectivity index (χ1) is 9.45. The number of rotatable bonds is 3. The maximum absolute atomic E-state index is 12.5. The van der Waals surface area contributed by atoms with Gasteiger partial charge in [-0.1, -0.05) is 30.2 Å². The summed E-state index contributed by atoms with van der Waals surface area (Å²) in [6, 6.07) is 5.84. The molecule has 1 unspecified atom stereocenters. The molecule has 0 bridgehead atoms. The van der Waals surface area contributed by atoms with Crippen LogP contribution in [0.4, 0.5) is 13.2 Å². The van der Waals surface area contributed by atoms with E-state index in [1.165, 1.54) is 37.0 Å². The Morgan fingerprint density at radius 1 is 1.25 bits per heavy atom. The van der Waals surface area contributed by atoms with Crippen molar-refractivity contribution in [3.8, 4) is 0 Å². The summed E-state index contributed by atoms with van der Waals surface area (Å²) in [5.74, 6) is 0. The van der Waals surface area contributed by atoms with Crippen LogP contribution in [0.2, 0.25) is 0 Å². The molecule has 0 amide bonds. The second-order valence-corrected chi connectivity index (χ2v) is 5.46. The second-order valence-electron chi connectivity index (χ2n) is 5.46. The summed E-state index contributed by atoms with van der Waals surface area (Å²) in [5, 5.41) is 3.48. The maximum Gasteiger partial charge on any atom is 0.416 e. The fraction of sp³-hybridized carbons (Fsp3) is 0.500. The van der Waals surface area contributed by atoms with Crippen molar-refractivity contribution in [1.82, 2.24) is 5.32 Å². The largest absolute Gasteiger partial charge is 0.416 e. The number of hydrogen-bond donors (Lipinski definition) is 1. The molecule has 1 aliphatic rings. The SMILES string of the molecule is C/C(=C/c1ccc(C(F)(F)F)cc1)CC1CCCCN1. The van der Waals surface area contributed by atoms with Gasteiger partial charge in [-0.25, -0.2) is 0 Å². The van der Waals surface area contributed by atoms with E-state index in [9.17, 15) is 13.2 Å². The highest BCUT2D eigenvalue weighted by molar-refractivity contribution is 5.53. The van der Waals surface area contributed by atoms with E-state index in [1.54, 1.807) is 0 Å². The van der Waals surface area contributed by atoms with Crippen molar-refractivity contribution in [2.45, 2.75) is 44.8 Å². The van der Waals surface area contributed by atoms with Gasteiger partial charge in [-0.05, 0) is 50.4 Å². The van der Waals surface area contributed by atoms with Crippen molar-refractivity contribution in [3.63, 3.8) is 0 Å². The summed E-state index contributed by atoms with van der Waals surface area (Å²) in [5.41, 5.74) is 1.43. The van der Waals surface area contributed by atoms with Crippen molar-refractivity contribution in [2.75, 3.05) is 6.54 Å². The van der Waals surface area contributed by atoms with Crippen molar-refractivity contribution in [1.29, 1.82) is 0 Å². The number of halogens is 3. The molecule has 110 valence electrons. The summed E-state index contributed by atoms with van der Waals surface area (Å²) in [6.45, 7) is 3.10. The van der Waals surface area contributed by atoms with Crippen molar-refractivity contribution >= 4 is 6.08 Å². The third-order valence-corrected chi connectivity index (χ3v) is 3.63. The fourth-order valence-corrected chi connectivity index (χ4v) is 2.60. The highest BCUT2D eigenvalue weighted by Crippen LogP contribution is 2.29. The van der Waals surface area contributed by atoms with Gasteiger partial charge < -0.3 is 5.32 Å². The standard InChI is InChI=1S/C16H20F3N/c1-12(11-15-4-2-3-9-20-15)10-13-5-7-14(8-6-13)16(17,18)19/h5-8,10,15,20H,2-4,9,11H2,1H3/b12-10-. The Kier molecular flexibility index (Phi) is 4.86. The van der Waals surface area contributed by atoms with Gasteiger partial charge in [-0.3, -0.25) is 0 Å². The molecule has 20 heavy (non-hydrogen) atoms. The average Bonchev–Trinajstić information content (AvgIpc) is 2.39. The zero-order valence-electron chi connectivity index (χ0n) is 11.6. The lowest BCUT2D eigenvalue weighted by Crippen LogP contribution is -2.33. The molecule has 2 rings (SSSR count). The lowest BCUT2D eigenvalue weighted by atomic mass is 9.97. The van der Waals surface area contributed by atoms with Gasteiger partial charge in [0, 0.05) is 6.04 Å². The summed E-state index contributed by atoms with van der Waals surface area (Å²) in [4.78, 5) is 0. The van der Waals surface area contributed by atoms with Gasteiger partial charge in [-0.2, -0.15) is 13.2 Å². The molecule has 1 heterocycles.